The zero-order valence-corrected chi connectivity index (χ0v) is 15.4. The minimum absolute atomic E-state index is 0.0530. The van der Waals surface area contributed by atoms with E-state index in [9.17, 15) is 14.4 Å². The van der Waals surface area contributed by atoms with Crippen molar-refractivity contribution in [2.24, 2.45) is 0 Å². The Morgan fingerprint density at radius 1 is 1.11 bits per heavy atom. The highest BCUT2D eigenvalue weighted by Gasteiger charge is 2.63. The minimum Gasteiger partial charge on any atom is -0.467 e. The Bertz CT molecular complexity index is 934. The molecule has 2 bridgehead atoms. The van der Waals surface area contributed by atoms with Crippen LogP contribution in [0.2, 0.25) is 0 Å². The molecule has 0 spiro atoms. The van der Waals surface area contributed by atoms with E-state index in [1.807, 2.05) is 43.3 Å². The number of fused-ring (bicyclic) bond motifs is 2. The number of methoxy groups -OCH3 is 1. The van der Waals surface area contributed by atoms with Gasteiger partial charge < -0.3 is 9.64 Å². The molecule has 2 fully saturated rings. The maximum atomic E-state index is 13.2. The van der Waals surface area contributed by atoms with Crippen LogP contribution in [0.3, 0.4) is 0 Å². The van der Waals surface area contributed by atoms with Crippen LogP contribution in [-0.2, 0) is 14.3 Å². The molecule has 0 aliphatic carbocycles. The molecule has 1 amide bonds. The zero-order chi connectivity index (χ0) is 19.2. The first kappa shape index (κ1) is 17.5. The number of hydrogen-bond acceptors (Lipinski definition) is 4. The van der Waals surface area contributed by atoms with E-state index in [4.69, 9.17) is 4.74 Å². The summed E-state index contributed by atoms with van der Waals surface area (Å²) >= 11 is 0. The summed E-state index contributed by atoms with van der Waals surface area (Å²) in [5, 5.41) is 0. The second kappa shape index (κ2) is 6.34. The van der Waals surface area contributed by atoms with Crippen LogP contribution in [0.25, 0.3) is 11.1 Å². The van der Waals surface area contributed by atoms with Gasteiger partial charge in [-0.2, -0.15) is 0 Å². The van der Waals surface area contributed by atoms with E-state index in [2.05, 4.69) is 0 Å². The maximum absolute atomic E-state index is 13.2. The largest absolute Gasteiger partial charge is 0.467 e. The molecule has 5 heteroatoms. The van der Waals surface area contributed by atoms with Gasteiger partial charge in [-0.15, -0.1) is 0 Å². The molecule has 2 saturated heterocycles. The quantitative estimate of drug-likeness (QED) is 0.786. The lowest BCUT2D eigenvalue weighted by Gasteiger charge is -2.31. The number of carbonyl (C=O) groups is 3. The molecule has 0 saturated carbocycles. The van der Waals surface area contributed by atoms with Gasteiger partial charge in [-0.25, -0.2) is 4.79 Å². The lowest BCUT2D eigenvalue weighted by molar-refractivity contribution is -0.151. The zero-order valence-electron chi connectivity index (χ0n) is 15.4. The van der Waals surface area contributed by atoms with E-state index >= 15 is 0 Å². The monoisotopic (exact) mass is 363 g/mol. The van der Waals surface area contributed by atoms with E-state index in [1.54, 1.807) is 12.1 Å². The topological polar surface area (TPSA) is 63.7 Å². The van der Waals surface area contributed by atoms with Crippen LogP contribution < -0.4 is 0 Å². The summed E-state index contributed by atoms with van der Waals surface area (Å²) in [6, 6.07) is 14.9. The number of benzene rings is 2. The first-order valence-electron chi connectivity index (χ1n) is 9.09. The standard InChI is InChI=1S/C22H21NO4/c1-14-5-3-4-6-17(14)15-7-9-16(10-8-15)20(25)23-18-11-12-22(23,13-19(18)24)21(26)27-2/h3-10,18H,11-13H2,1-2H3. The van der Waals surface area contributed by atoms with Crippen LogP contribution in [-0.4, -0.2) is 41.3 Å². The second-order valence-corrected chi connectivity index (χ2v) is 7.29. The van der Waals surface area contributed by atoms with Crippen molar-refractivity contribution >= 4 is 17.7 Å². The molecule has 2 aliphatic heterocycles. The number of hydrogen-bond donors (Lipinski definition) is 0. The van der Waals surface area contributed by atoms with Gasteiger partial charge in [0.2, 0.25) is 0 Å². The third-order valence-electron chi connectivity index (χ3n) is 5.81. The van der Waals surface area contributed by atoms with Crippen molar-refractivity contribution in [3.05, 3.63) is 59.7 Å². The number of amides is 1. The summed E-state index contributed by atoms with van der Waals surface area (Å²) in [5.74, 6) is -0.845. The van der Waals surface area contributed by atoms with Crippen molar-refractivity contribution in [2.75, 3.05) is 7.11 Å². The highest BCUT2D eigenvalue weighted by molar-refractivity contribution is 6.07. The molecule has 4 rings (SSSR count). The molecule has 5 nitrogen and oxygen atoms in total. The molecule has 2 aromatic carbocycles. The van der Waals surface area contributed by atoms with Gasteiger partial charge in [-0.1, -0.05) is 36.4 Å². The van der Waals surface area contributed by atoms with Crippen molar-refractivity contribution in [2.45, 2.75) is 37.8 Å². The molecule has 27 heavy (non-hydrogen) atoms. The Morgan fingerprint density at radius 2 is 1.81 bits per heavy atom. The van der Waals surface area contributed by atoms with Crippen LogP contribution in [0, 0.1) is 6.92 Å². The summed E-state index contributed by atoms with van der Waals surface area (Å²) in [4.78, 5) is 39.3. The Kier molecular flexibility index (Phi) is 4.10. The third kappa shape index (κ3) is 2.57. The summed E-state index contributed by atoms with van der Waals surface area (Å²) in [6.45, 7) is 2.04. The third-order valence-corrected chi connectivity index (χ3v) is 5.81. The molecular formula is C22H21NO4. The van der Waals surface area contributed by atoms with Crippen molar-refractivity contribution < 1.29 is 19.1 Å². The van der Waals surface area contributed by atoms with Crippen molar-refractivity contribution in [1.29, 1.82) is 0 Å². The van der Waals surface area contributed by atoms with Crippen LogP contribution in [0.5, 0.6) is 0 Å². The van der Waals surface area contributed by atoms with Gasteiger partial charge in [-0.3, -0.25) is 9.59 Å². The Labute approximate surface area is 157 Å². The molecule has 2 aromatic rings. The van der Waals surface area contributed by atoms with E-state index < -0.39 is 17.6 Å². The van der Waals surface area contributed by atoms with E-state index in [0.717, 1.165) is 16.7 Å². The van der Waals surface area contributed by atoms with Crippen LogP contribution in [0.1, 0.15) is 35.2 Å². The van der Waals surface area contributed by atoms with Gasteiger partial charge in [0, 0.05) is 12.0 Å². The lowest BCUT2D eigenvalue weighted by Crippen LogP contribution is -2.51. The van der Waals surface area contributed by atoms with Crippen molar-refractivity contribution in [1.82, 2.24) is 4.90 Å². The number of esters is 1. The first-order valence-corrected chi connectivity index (χ1v) is 9.09. The fourth-order valence-corrected chi connectivity index (χ4v) is 4.43. The smallest absolute Gasteiger partial charge is 0.332 e. The number of Topliss-reactive ketones (excluding diaryl/α,β-unsaturated/α-hetero) is 1. The predicted octanol–water partition coefficient (Wildman–Crippen LogP) is 3.15. The molecule has 138 valence electrons. The second-order valence-electron chi connectivity index (χ2n) is 7.29. The normalized spacial score (nSPS) is 23.6. The summed E-state index contributed by atoms with van der Waals surface area (Å²) in [6.07, 6.45) is 1.04. The summed E-state index contributed by atoms with van der Waals surface area (Å²) < 4.78 is 4.92. The highest BCUT2D eigenvalue weighted by Crippen LogP contribution is 2.46. The SMILES string of the molecule is COC(=O)C12CCC(C(=O)C1)N2C(=O)c1ccc(-c2ccccc2C)cc1. The number of ketones is 1. The maximum Gasteiger partial charge on any atom is 0.332 e. The van der Waals surface area contributed by atoms with Crippen LogP contribution in [0.4, 0.5) is 0 Å². The molecule has 2 aliphatic rings. The van der Waals surface area contributed by atoms with Gasteiger partial charge in [-0.05, 0) is 48.6 Å². The lowest BCUT2D eigenvalue weighted by atomic mass is 9.87. The first-order chi connectivity index (χ1) is 13.0. The number of nitrogens with zero attached hydrogens (tertiary/aromatic N) is 1. The molecule has 0 radical (unpaired) electrons. The number of rotatable bonds is 3. The predicted molar refractivity (Wildman–Crippen MR) is 100 cm³/mol. The molecule has 2 unspecified atom stereocenters. The molecule has 0 N–H and O–H groups in total. The van der Waals surface area contributed by atoms with E-state index in [1.165, 1.54) is 12.0 Å². The summed E-state index contributed by atoms with van der Waals surface area (Å²) in [7, 11) is 1.30. The van der Waals surface area contributed by atoms with Gasteiger partial charge in [0.25, 0.3) is 5.91 Å². The van der Waals surface area contributed by atoms with Gasteiger partial charge >= 0.3 is 5.97 Å². The van der Waals surface area contributed by atoms with Gasteiger partial charge in [0.05, 0.1) is 13.2 Å². The number of aryl methyl sites for hydroxylation is 1. The molecule has 0 aromatic heterocycles. The van der Waals surface area contributed by atoms with E-state index in [0.29, 0.717) is 18.4 Å². The van der Waals surface area contributed by atoms with Crippen LogP contribution in [0.15, 0.2) is 48.5 Å². The van der Waals surface area contributed by atoms with E-state index in [-0.39, 0.29) is 18.1 Å². The Balaban J connectivity index is 1.66. The molecule has 2 heterocycles. The average molecular weight is 363 g/mol. The fraction of sp³-hybridized carbons (Fsp3) is 0.318. The van der Waals surface area contributed by atoms with Crippen LogP contribution >= 0.6 is 0 Å². The van der Waals surface area contributed by atoms with Crippen molar-refractivity contribution in [3.63, 3.8) is 0 Å². The average Bonchev–Trinajstić information content (AvgIpc) is 3.20. The summed E-state index contributed by atoms with van der Waals surface area (Å²) in [5.41, 5.74) is 2.63. The Morgan fingerprint density at radius 3 is 2.44 bits per heavy atom. The van der Waals surface area contributed by atoms with Gasteiger partial charge in [0.1, 0.15) is 5.54 Å². The van der Waals surface area contributed by atoms with Crippen molar-refractivity contribution in [3.8, 4) is 11.1 Å². The molecule has 2 atom stereocenters. The molecular weight excluding hydrogens is 342 g/mol. The Hall–Kier alpha value is -2.95. The highest BCUT2D eigenvalue weighted by atomic mass is 16.5. The fourth-order valence-electron chi connectivity index (χ4n) is 4.43. The number of ether oxygens (including phenoxy) is 1. The minimum atomic E-state index is -1.14. The number of carbonyl (C=O) groups excluding carboxylic acids is 3. The van der Waals surface area contributed by atoms with Gasteiger partial charge in [0.15, 0.2) is 5.78 Å².